The van der Waals surface area contributed by atoms with Crippen molar-refractivity contribution in [3.63, 3.8) is 0 Å². The zero-order chi connectivity index (χ0) is 15.5. The van der Waals surface area contributed by atoms with Crippen molar-refractivity contribution in [1.29, 1.82) is 0 Å². The van der Waals surface area contributed by atoms with Gasteiger partial charge in [-0.3, -0.25) is 9.59 Å². The molecule has 1 saturated heterocycles. The Labute approximate surface area is 133 Å². The lowest BCUT2D eigenvalue weighted by Gasteiger charge is -2.26. The summed E-state index contributed by atoms with van der Waals surface area (Å²) in [5.41, 5.74) is 0.876. The first-order valence-electron chi connectivity index (χ1n) is 7.61. The minimum atomic E-state index is -0.461. The molecule has 2 heterocycles. The van der Waals surface area contributed by atoms with Gasteiger partial charge in [-0.1, -0.05) is 29.9 Å². The van der Waals surface area contributed by atoms with Crippen molar-refractivity contribution in [1.82, 2.24) is 9.88 Å². The highest BCUT2D eigenvalue weighted by Gasteiger charge is 2.27. The molecule has 6 heteroatoms. The second kappa shape index (κ2) is 6.44. The van der Waals surface area contributed by atoms with E-state index >= 15 is 0 Å². The van der Waals surface area contributed by atoms with Crippen LogP contribution in [0.25, 0.3) is 10.2 Å². The molecule has 1 unspecified atom stereocenters. The molecule has 1 fully saturated rings. The third-order valence-electron chi connectivity index (χ3n) is 3.98. The molecule has 5 nitrogen and oxygen atoms in total. The Morgan fingerprint density at radius 3 is 2.95 bits per heavy atom. The van der Waals surface area contributed by atoms with Crippen LogP contribution in [-0.4, -0.2) is 34.3 Å². The fourth-order valence-electron chi connectivity index (χ4n) is 2.69. The molecule has 1 aliphatic rings. The van der Waals surface area contributed by atoms with Gasteiger partial charge in [-0.25, -0.2) is 4.98 Å². The van der Waals surface area contributed by atoms with E-state index in [1.54, 1.807) is 11.8 Å². The summed E-state index contributed by atoms with van der Waals surface area (Å²) in [6, 6.07) is 7.31. The average Bonchev–Trinajstić information content (AvgIpc) is 2.79. The third-order valence-corrected chi connectivity index (χ3v) is 4.93. The lowest BCUT2D eigenvalue weighted by Crippen LogP contribution is -2.45. The largest absolute Gasteiger partial charge is 0.331 e. The number of carbonyl (C=O) groups is 2. The molecule has 22 heavy (non-hydrogen) atoms. The van der Waals surface area contributed by atoms with Gasteiger partial charge in [-0.2, -0.15) is 0 Å². The van der Waals surface area contributed by atoms with Crippen LogP contribution in [0.1, 0.15) is 32.6 Å². The number of thiazole rings is 1. The molecule has 2 aromatic rings. The van der Waals surface area contributed by atoms with Crippen LogP contribution < -0.4 is 5.32 Å². The van der Waals surface area contributed by atoms with Crippen molar-refractivity contribution in [2.75, 3.05) is 11.9 Å². The van der Waals surface area contributed by atoms with Crippen LogP contribution in [0.4, 0.5) is 5.13 Å². The molecule has 1 aromatic carbocycles. The van der Waals surface area contributed by atoms with Crippen molar-refractivity contribution in [2.24, 2.45) is 0 Å². The lowest BCUT2D eigenvalue weighted by molar-refractivity contribution is -0.137. The SMILES string of the molecule is CC(C(=O)Nc1nc2ccccc2s1)N1CCCCCC1=O. The molecule has 1 aliphatic heterocycles. The van der Waals surface area contributed by atoms with E-state index in [2.05, 4.69) is 10.3 Å². The van der Waals surface area contributed by atoms with Crippen molar-refractivity contribution in [2.45, 2.75) is 38.6 Å². The summed E-state index contributed by atoms with van der Waals surface area (Å²) in [6.07, 6.45) is 3.47. The van der Waals surface area contributed by atoms with Gasteiger partial charge in [-0.15, -0.1) is 0 Å². The first-order chi connectivity index (χ1) is 10.6. The lowest BCUT2D eigenvalue weighted by atomic mass is 10.2. The van der Waals surface area contributed by atoms with Gasteiger partial charge in [0.2, 0.25) is 11.8 Å². The predicted molar refractivity (Wildman–Crippen MR) is 87.9 cm³/mol. The summed E-state index contributed by atoms with van der Waals surface area (Å²) in [5, 5.41) is 3.43. The minimum absolute atomic E-state index is 0.0736. The van der Waals surface area contributed by atoms with Gasteiger partial charge >= 0.3 is 0 Å². The maximum absolute atomic E-state index is 12.4. The number of rotatable bonds is 3. The minimum Gasteiger partial charge on any atom is -0.331 e. The molecule has 116 valence electrons. The fourth-order valence-corrected chi connectivity index (χ4v) is 3.56. The number of fused-ring (bicyclic) bond motifs is 1. The molecule has 3 rings (SSSR count). The molecule has 0 aliphatic carbocycles. The summed E-state index contributed by atoms with van der Waals surface area (Å²) in [4.78, 5) is 30.6. The van der Waals surface area contributed by atoms with Crippen LogP contribution in [0.3, 0.4) is 0 Å². The second-order valence-electron chi connectivity index (χ2n) is 5.55. The summed E-state index contributed by atoms with van der Waals surface area (Å²) < 4.78 is 1.04. The summed E-state index contributed by atoms with van der Waals surface area (Å²) >= 11 is 1.45. The maximum atomic E-state index is 12.4. The van der Waals surface area contributed by atoms with Gasteiger partial charge in [-0.05, 0) is 31.9 Å². The molecule has 1 aromatic heterocycles. The fraction of sp³-hybridized carbons (Fsp3) is 0.438. The van der Waals surface area contributed by atoms with E-state index in [1.165, 1.54) is 11.3 Å². The van der Waals surface area contributed by atoms with Crippen molar-refractivity contribution >= 4 is 38.5 Å². The normalized spacial score (nSPS) is 17.3. The maximum Gasteiger partial charge on any atom is 0.248 e. The number of benzene rings is 1. The highest BCUT2D eigenvalue weighted by Crippen LogP contribution is 2.25. The van der Waals surface area contributed by atoms with Crippen molar-refractivity contribution in [3.8, 4) is 0 Å². The average molecular weight is 317 g/mol. The number of anilines is 1. The van der Waals surface area contributed by atoms with Crippen LogP contribution in [0, 0.1) is 0 Å². The van der Waals surface area contributed by atoms with Gasteiger partial charge in [0.1, 0.15) is 6.04 Å². The Balaban J connectivity index is 1.71. The highest BCUT2D eigenvalue weighted by molar-refractivity contribution is 7.22. The number of nitrogens with zero attached hydrogens (tertiary/aromatic N) is 2. The number of nitrogens with one attached hydrogen (secondary N) is 1. The number of hydrogen-bond donors (Lipinski definition) is 1. The Morgan fingerprint density at radius 1 is 1.32 bits per heavy atom. The van der Waals surface area contributed by atoms with E-state index in [0.717, 1.165) is 29.5 Å². The molecule has 0 saturated carbocycles. The van der Waals surface area contributed by atoms with Crippen LogP contribution >= 0.6 is 11.3 Å². The van der Waals surface area contributed by atoms with E-state index in [-0.39, 0.29) is 11.8 Å². The van der Waals surface area contributed by atoms with Crippen LogP contribution in [0.2, 0.25) is 0 Å². The van der Waals surface area contributed by atoms with Crippen molar-refractivity contribution in [3.05, 3.63) is 24.3 Å². The van der Waals surface area contributed by atoms with E-state index in [0.29, 0.717) is 18.1 Å². The summed E-state index contributed by atoms with van der Waals surface area (Å²) in [5.74, 6) is -0.0984. The Hall–Kier alpha value is -1.95. The van der Waals surface area contributed by atoms with Gasteiger partial charge in [0.25, 0.3) is 0 Å². The molecule has 0 bridgehead atoms. The topological polar surface area (TPSA) is 62.3 Å². The van der Waals surface area contributed by atoms with Gasteiger partial charge in [0.05, 0.1) is 10.2 Å². The second-order valence-corrected chi connectivity index (χ2v) is 6.58. The first-order valence-corrected chi connectivity index (χ1v) is 8.43. The number of hydrogen-bond acceptors (Lipinski definition) is 4. The third kappa shape index (κ3) is 3.11. The first kappa shape index (κ1) is 15.0. The van der Waals surface area contributed by atoms with Gasteiger partial charge in [0, 0.05) is 13.0 Å². The number of likely N-dealkylation sites (tertiary alicyclic amines) is 1. The quantitative estimate of drug-likeness (QED) is 0.946. The van der Waals surface area contributed by atoms with Gasteiger partial charge < -0.3 is 10.2 Å². The van der Waals surface area contributed by atoms with E-state index in [9.17, 15) is 9.59 Å². The van der Waals surface area contributed by atoms with E-state index < -0.39 is 6.04 Å². The van der Waals surface area contributed by atoms with Crippen molar-refractivity contribution < 1.29 is 9.59 Å². The number of carbonyl (C=O) groups excluding carboxylic acids is 2. The van der Waals surface area contributed by atoms with Crippen LogP contribution in [0.15, 0.2) is 24.3 Å². The number of para-hydroxylation sites is 1. The zero-order valence-corrected chi connectivity index (χ0v) is 13.4. The Morgan fingerprint density at radius 2 is 2.14 bits per heavy atom. The van der Waals surface area contributed by atoms with Gasteiger partial charge in [0.15, 0.2) is 5.13 Å². The zero-order valence-electron chi connectivity index (χ0n) is 12.5. The molecule has 0 radical (unpaired) electrons. The molecule has 0 spiro atoms. The molecular weight excluding hydrogens is 298 g/mol. The highest BCUT2D eigenvalue weighted by atomic mass is 32.1. The van der Waals surface area contributed by atoms with Crippen LogP contribution in [0.5, 0.6) is 0 Å². The predicted octanol–water partition coefficient (Wildman–Crippen LogP) is 3.03. The smallest absolute Gasteiger partial charge is 0.248 e. The number of aromatic nitrogens is 1. The van der Waals surface area contributed by atoms with E-state index in [1.807, 2.05) is 24.3 Å². The number of amides is 2. The molecule has 1 N–H and O–H groups in total. The Kier molecular flexibility index (Phi) is 4.38. The molecule has 2 amide bonds. The molecular formula is C16H19N3O2S. The van der Waals surface area contributed by atoms with E-state index in [4.69, 9.17) is 0 Å². The van der Waals surface area contributed by atoms with Crippen LogP contribution in [-0.2, 0) is 9.59 Å². The molecule has 1 atom stereocenters. The standard InChI is InChI=1S/C16H19N3O2S/c1-11(19-10-6-2-3-9-14(19)20)15(21)18-16-17-12-7-4-5-8-13(12)22-16/h4-5,7-8,11H,2-3,6,9-10H2,1H3,(H,17,18,21). The summed E-state index contributed by atoms with van der Waals surface area (Å²) in [7, 11) is 0. The monoisotopic (exact) mass is 317 g/mol. The Bertz CT molecular complexity index is 665. The summed E-state index contributed by atoms with van der Waals surface area (Å²) in [6.45, 7) is 2.44.